The number of aromatic nitrogens is 3. The van der Waals surface area contributed by atoms with Crippen molar-refractivity contribution in [2.75, 3.05) is 4.90 Å². The van der Waals surface area contributed by atoms with E-state index >= 15 is 0 Å². The molecule has 3 heterocycles. The van der Waals surface area contributed by atoms with E-state index in [2.05, 4.69) is 179 Å². The summed E-state index contributed by atoms with van der Waals surface area (Å²) in [6.07, 6.45) is 0. The van der Waals surface area contributed by atoms with E-state index in [-0.39, 0.29) is 0 Å². The van der Waals surface area contributed by atoms with Gasteiger partial charge < -0.3 is 9.47 Å². The molecule has 0 bridgehead atoms. The predicted molar refractivity (Wildman–Crippen MR) is 214 cm³/mol. The Labute approximate surface area is 302 Å². The summed E-state index contributed by atoms with van der Waals surface area (Å²) in [4.78, 5) is 12.6. The molecule has 0 radical (unpaired) electrons. The summed E-state index contributed by atoms with van der Waals surface area (Å²) in [5.74, 6) is 0.704. The average Bonchev–Trinajstić information content (AvgIpc) is 3.50. The van der Waals surface area contributed by atoms with Crippen molar-refractivity contribution in [3.05, 3.63) is 194 Å². The van der Waals surface area contributed by atoms with Crippen molar-refractivity contribution >= 4 is 28.0 Å². The molecule has 7 aromatic carbocycles. The Balaban J connectivity index is 1.28. The molecule has 4 nitrogen and oxygen atoms in total. The molecule has 0 spiro atoms. The first kappa shape index (κ1) is 29.8. The van der Waals surface area contributed by atoms with Gasteiger partial charge in [-0.25, -0.2) is 9.97 Å². The summed E-state index contributed by atoms with van der Waals surface area (Å²) >= 11 is 0. The Morgan fingerprint density at radius 1 is 0.385 bits per heavy atom. The highest BCUT2D eigenvalue weighted by atomic mass is 15.2. The number of hydrogen-bond acceptors (Lipinski definition) is 3. The first-order valence-corrected chi connectivity index (χ1v) is 17.6. The molecule has 0 N–H and O–H groups in total. The zero-order chi connectivity index (χ0) is 34.4. The third-order valence-corrected chi connectivity index (χ3v) is 9.93. The quantitative estimate of drug-likeness (QED) is 0.184. The third-order valence-electron chi connectivity index (χ3n) is 9.93. The molecule has 1 aliphatic heterocycles. The standard InChI is InChI=1S/C48H32N4/c1-5-17-33(18-6-1)41-32-42(50-48(49-41)34-19-7-2-8-20-34)35-29-30-39-45(31-35)52(37-23-11-4-12-24-37)47-40-26-14-16-28-44(40)51(36-21-9-3-10-22-36)43-27-15-13-25-38(43)46(39)47/h1-32H. The molecule has 0 fully saturated rings. The van der Waals surface area contributed by atoms with Crippen molar-refractivity contribution < 1.29 is 0 Å². The summed E-state index contributed by atoms with van der Waals surface area (Å²) in [6, 6.07) is 68.5. The average molecular weight is 665 g/mol. The van der Waals surface area contributed by atoms with Gasteiger partial charge in [0.2, 0.25) is 0 Å². The van der Waals surface area contributed by atoms with E-state index in [1.54, 1.807) is 0 Å². The lowest BCUT2D eigenvalue weighted by molar-refractivity contribution is 1.13. The lowest BCUT2D eigenvalue weighted by Crippen LogP contribution is -2.11. The van der Waals surface area contributed by atoms with Crippen LogP contribution < -0.4 is 4.90 Å². The molecular weight excluding hydrogens is 633 g/mol. The van der Waals surface area contributed by atoms with Crippen LogP contribution in [-0.4, -0.2) is 14.5 Å². The SMILES string of the molecule is c1ccc(-c2cc(-c3ccc4c5c(n(-c6ccccc6)c4c3)-c3ccccc3N(c3ccccc3)c3ccccc3-5)nc(-c3ccccc3)n2)cc1. The van der Waals surface area contributed by atoms with Crippen LogP contribution in [0.1, 0.15) is 0 Å². The monoisotopic (exact) mass is 664 g/mol. The van der Waals surface area contributed by atoms with Crippen LogP contribution in [0.15, 0.2) is 194 Å². The molecule has 52 heavy (non-hydrogen) atoms. The van der Waals surface area contributed by atoms with Gasteiger partial charge in [-0.05, 0) is 48.5 Å². The molecular formula is C48H32N4. The van der Waals surface area contributed by atoms with E-state index in [4.69, 9.17) is 9.97 Å². The fourth-order valence-electron chi connectivity index (χ4n) is 7.62. The highest BCUT2D eigenvalue weighted by Crippen LogP contribution is 2.54. The van der Waals surface area contributed by atoms with E-state index in [1.807, 2.05) is 24.3 Å². The Hall–Kier alpha value is -7.04. The largest absolute Gasteiger partial charge is 0.309 e. The number of nitrogens with zero attached hydrogens (tertiary/aromatic N) is 4. The molecule has 0 amide bonds. The Morgan fingerprint density at radius 3 is 1.58 bits per heavy atom. The zero-order valence-corrected chi connectivity index (χ0v) is 28.3. The van der Waals surface area contributed by atoms with Gasteiger partial charge in [-0.1, -0.05) is 146 Å². The van der Waals surface area contributed by atoms with Gasteiger partial charge in [0.25, 0.3) is 0 Å². The highest BCUT2D eigenvalue weighted by molar-refractivity contribution is 6.13. The van der Waals surface area contributed by atoms with Gasteiger partial charge in [0.05, 0.1) is 34.0 Å². The molecule has 2 aromatic heterocycles. The maximum atomic E-state index is 5.19. The van der Waals surface area contributed by atoms with Crippen LogP contribution in [0.4, 0.5) is 17.1 Å². The van der Waals surface area contributed by atoms with Crippen LogP contribution in [0, 0.1) is 0 Å². The summed E-state index contributed by atoms with van der Waals surface area (Å²) in [5.41, 5.74) is 15.2. The molecule has 1 aliphatic rings. The second-order valence-corrected chi connectivity index (χ2v) is 13.0. The number of benzene rings is 7. The van der Waals surface area contributed by atoms with Gasteiger partial charge in [0.15, 0.2) is 5.82 Å². The van der Waals surface area contributed by atoms with Crippen molar-refractivity contribution in [1.82, 2.24) is 14.5 Å². The summed E-state index contributed by atoms with van der Waals surface area (Å²) in [6.45, 7) is 0. The smallest absolute Gasteiger partial charge is 0.160 e. The van der Waals surface area contributed by atoms with Crippen molar-refractivity contribution in [1.29, 1.82) is 0 Å². The number of hydrogen-bond donors (Lipinski definition) is 0. The van der Waals surface area contributed by atoms with Crippen LogP contribution >= 0.6 is 0 Å². The second kappa shape index (κ2) is 12.4. The Bertz CT molecular complexity index is 2660. The van der Waals surface area contributed by atoms with Crippen LogP contribution in [0.2, 0.25) is 0 Å². The number of anilines is 3. The topological polar surface area (TPSA) is 34.0 Å². The third kappa shape index (κ3) is 4.92. The van der Waals surface area contributed by atoms with Crippen LogP contribution in [-0.2, 0) is 0 Å². The van der Waals surface area contributed by atoms with Crippen LogP contribution in [0.3, 0.4) is 0 Å². The first-order valence-electron chi connectivity index (χ1n) is 17.6. The number of rotatable bonds is 5. The molecule has 244 valence electrons. The maximum Gasteiger partial charge on any atom is 0.160 e. The molecule has 0 atom stereocenters. The lowest BCUT2D eigenvalue weighted by atomic mass is 9.97. The van der Waals surface area contributed by atoms with Gasteiger partial charge in [-0.2, -0.15) is 0 Å². The second-order valence-electron chi connectivity index (χ2n) is 13.0. The predicted octanol–water partition coefficient (Wildman–Crippen LogP) is 12.5. The zero-order valence-electron chi connectivity index (χ0n) is 28.3. The van der Waals surface area contributed by atoms with Crippen molar-refractivity contribution in [3.8, 4) is 62.0 Å². The van der Waals surface area contributed by atoms with Gasteiger partial charge in [0.1, 0.15) is 0 Å². The molecule has 0 unspecified atom stereocenters. The van der Waals surface area contributed by atoms with Crippen molar-refractivity contribution in [3.63, 3.8) is 0 Å². The van der Waals surface area contributed by atoms with E-state index in [1.165, 1.54) is 22.1 Å². The van der Waals surface area contributed by atoms with Crippen LogP contribution in [0.25, 0.3) is 72.9 Å². The minimum atomic E-state index is 0.704. The van der Waals surface area contributed by atoms with Crippen molar-refractivity contribution in [2.24, 2.45) is 0 Å². The summed E-state index contributed by atoms with van der Waals surface area (Å²) < 4.78 is 2.44. The van der Waals surface area contributed by atoms with Gasteiger partial charge >= 0.3 is 0 Å². The molecule has 4 heteroatoms. The normalized spacial score (nSPS) is 11.8. The molecule has 0 saturated carbocycles. The van der Waals surface area contributed by atoms with Crippen LogP contribution in [0.5, 0.6) is 0 Å². The minimum Gasteiger partial charge on any atom is -0.309 e. The fourth-order valence-corrected chi connectivity index (χ4v) is 7.62. The van der Waals surface area contributed by atoms with E-state index in [0.717, 1.165) is 62.0 Å². The summed E-state index contributed by atoms with van der Waals surface area (Å²) in [7, 11) is 0. The van der Waals surface area contributed by atoms with Gasteiger partial charge in [-0.3, -0.25) is 0 Å². The maximum absolute atomic E-state index is 5.19. The molecule has 10 rings (SSSR count). The van der Waals surface area contributed by atoms with E-state index in [9.17, 15) is 0 Å². The fraction of sp³-hybridized carbons (Fsp3) is 0. The lowest BCUT2D eigenvalue weighted by Gasteiger charge is -2.27. The number of para-hydroxylation sites is 4. The first-order chi connectivity index (χ1) is 25.8. The number of fused-ring (bicyclic) bond motifs is 7. The van der Waals surface area contributed by atoms with Gasteiger partial charge in [0, 0.05) is 50.1 Å². The summed E-state index contributed by atoms with van der Waals surface area (Å²) in [5, 5.41) is 1.18. The minimum absolute atomic E-state index is 0.704. The molecule has 0 aliphatic carbocycles. The highest BCUT2D eigenvalue weighted by Gasteiger charge is 2.31. The van der Waals surface area contributed by atoms with Crippen molar-refractivity contribution in [2.45, 2.75) is 0 Å². The van der Waals surface area contributed by atoms with E-state index in [0.29, 0.717) is 5.82 Å². The van der Waals surface area contributed by atoms with E-state index < -0.39 is 0 Å². The Morgan fingerprint density at radius 2 is 0.904 bits per heavy atom. The molecule has 9 aromatic rings. The molecule has 0 saturated heterocycles. The Kier molecular flexibility index (Phi) is 7.10. The van der Waals surface area contributed by atoms with Gasteiger partial charge in [-0.15, -0.1) is 0 Å².